The molecular weight excluding hydrogens is 386 g/mol. The lowest BCUT2D eigenvalue weighted by Crippen LogP contribution is -2.50. The number of H-pyrrole nitrogens is 1. The minimum atomic E-state index is -0.122. The molecule has 1 fully saturated rings. The normalized spacial score (nSPS) is 24.9. The average molecular weight is 410 g/mol. The molecule has 0 bridgehead atoms. The topological polar surface area (TPSA) is 73.9 Å². The zero-order chi connectivity index (χ0) is 20.1. The van der Waals surface area contributed by atoms with E-state index in [4.69, 9.17) is 11.6 Å². The van der Waals surface area contributed by atoms with Crippen LogP contribution >= 0.6 is 11.6 Å². The molecule has 2 aliphatic rings. The number of hydrogen-bond acceptors (Lipinski definition) is 4. The van der Waals surface area contributed by atoms with Crippen molar-refractivity contribution in [2.45, 2.75) is 31.7 Å². The molecular formula is C22H24ClN5O. The fourth-order valence-electron chi connectivity index (χ4n) is 5.18. The van der Waals surface area contributed by atoms with Crippen molar-refractivity contribution in [1.29, 1.82) is 0 Å². The van der Waals surface area contributed by atoms with Crippen molar-refractivity contribution >= 4 is 34.2 Å². The summed E-state index contributed by atoms with van der Waals surface area (Å²) in [5.41, 5.74) is 4.05. The van der Waals surface area contributed by atoms with Crippen LogP contribution in [0.15, 0.2) is 36.5 Å². The fourth-order valence-corrected chi connectivity index (χ4v) is 5.28. The Morgan fingerprint density at radius 3 is 2.97 bits per heavy atom. The number of nitrogens with one attached hydrogen (secondary N) is 2. The van der Waals surface area contributed by atoms with E-state index in [0.29, 0.717) is 22.9 Å². The number of hydrogen-bond donors (Lipinski definition) is 2. The maximum Gasteiger partial charge on any atom is 0.228 e. The Labute approximate surface area is 174 Å². The average Bonchev–Trinajstić information content (AvgIpc) is 3.14. The van der Waals surface area contributed by atoms with E-state index in [2.05, 4.69) is 56.8 Å². The second-order valence-corrected chi connectivity index (χ2v) is 8.80. The van der Waals surface area contributed by atoms with Crippen molar-refractivity contribution in [3.05, 3.63) is 52.8 Å². The quantitative estimate of drug-likeness (QED) is 0.689. The summed E-state index contributed by atoms with van der Waals surface area (Å²) in [6.45, 7) is 2.93. The van der Waals surface area contributed by atoms with Gasteiger partial charge in [0.2, 0.25) is 5.91 Å². The summed E-state index contributed by atoms with van der Waals surface area (Å²) in [7, 11) is 2.19. The number of fused-ring (bicyclic) bond motifs is 2. The molecule has 1 saturated heterocycles. The molecule has 0 radical (unpaired) electrons. The number of carbonyl (C=O) groups excluding carboxylic acids is 1. The lowest BCUT2D eigenvalue weighted by Gasteiger charge is -2.46. The first-order valence-electron chi connectivity index (χ1n) is 10.1. The summed E-state index contributed by atoms with van der Waals surface area (Å²) in [6, 6.07) is 10.3. The Hall–Kier alpha value is -2.44. The number of anilines is 1. The molecule has 0 saturated carbocycles. The number of likely N-dealkylation sites (tertiary alicyclic amines) is 1. The first-order chi connectivity index (χ1) is 14.0. The number of amides is 1. The molecule has 3 aromatic rings. The molecule has 29 heavy (non-hydrogen) atoms. The maximum atomic E-state index is 12.9. The van der Waals surface area contributed by atoms with E-state index in [-0.39, 0.29) is 17.7 Å². The Morgan fingerprint density at radius 2 is 2.17 bits per heavy atom. The highest BCUT2D eigenvalue weighted by Gasteiger charge is 2.41. The van der Waals surface area contributed by atoms with Crippen LogP contribution in [0.5, 0.6) is 0 Å². The van der Waals surface area contributed by atoms with Gasteiger partial charge in [0.15, 0.2) is 11.0 Å². The standard InChI is InChI=1S/C22H24ClN5O/c1-12(22(29)25-20-7-6-19(23)26-27-20)14-8-16-15-4-3-5-17-21(15)13(10-24-17)9-18(16)28(2)11-14/h3-7,10,12,14,16,18,24H,8-9,11H2,1-2H3,(H,25,27,29)/t12?,14-,16-,18-/m1/s1. The SMILES string of the molecule is CC(C(=O)Nc1ccc(Cl)nn1)[C@@H]1C[C@@H]2c3cccc4[nH]cc(c34)C[C@H]2N(C)C1. The maximum absolute atomic E-state index is 12.9. The lowest BCUT2D eigenvalue weighted by atomic mass is 9.70. The summed E-state index contributed by atoms with van der Waals surface area (Å²) in [5.74, 6) is 1.01. The zero-order valence-corrected chi connectivity index (χ0v) is 17.3. The van der Waals surface area contributed by atoms with Crippen LogP contribution in [-0.4, -0.2) is 45.6 Å². The Morgan fingerprint density at radius 1 is 1.31 bits per heavy atom. The van der Waals surface area contributed by atoms with E-state index < -0.39 is 0 Å². The smallest absolute Gasteiger partial charge is 0.228 e. The summed E-state index contributed by atoms with van der Waals surface area (Å²) in [5, 5.41) is 12.3. The van der Waals surface area contributed by atoms with E-state index in [9.17, 15) is 4.79 Å². The molecule has 1 aliphatic heterocycles. The predicted molar refractivity (Wildman–Crippen MR) is 114 cm³/mol. The first-order valence-corrected chi connectivity index (χ1v) is 10.5. The van der Waals surface area contributed by atoms with Gasteiger partial charge in [-0.15, -0.1) is 10.2 Å². The van der Waals surface area contributed by atoms with Crippen molar-refractivity contribution in [2.24, 2.45) is 11.8 Å². The van der Waals surface area contributed by atoms with Crippen molar-refractivity contribution in [3.8, 4) is 0 Å². The van der Waals surface area contributed by atoms with Gasteiger partial charge in [-0.25, -0.2) is 0 Å². The van der Waals surface area contributed by atoms with Crippen LogP contribution in [0, 0.1) is 11.8 Å². The largest absolute Gasteiger partial charge is 0.361 e. The Kier molecular flexibility index (Phi) is 4.56. The van der Waals surface area contributed by atoms with Gasteiger partial charge in [-0.1, -0.05) is 30.7 Å². The van der Waals surface area contributed by atoms with Crippen LogP contribution < -0.4 is 5.32 Å². The van der Waals surface area contributed by atoms with Gasteiger partial charge in [-0.3, -0.25) is 4.79 Å². The number of rotatable bonds is 3. The first kappa shape index (κ1) is 18.6. The van der Waals surface area contributed by atoms with Gasteiger partial charge < -0.3 is 15.2 Å². The second kappa shape index (κ2) is 7.11. The molecule has 0 spiro atoms. The number of piperidine rings is 1. The number of benzene rings is 1. The number of aromatic amines is 1. The number of halogens is 1. The molecule has 3 heterocycles. The van der Waals surface area contributed by atoms with Gasteiger partial charge >= 0.3 is 0 Å². The molecule has 6 nitrogen and oxygen atoms in total. The summed E-state index contributed by atoms with van der Waals surface area (Å²) < 4.78 is 0. The van der Waals surface area contributed by atoms with Crippen LogP contribution in [0.25, 0.3) is 10.9 Å². The van der Waals surface area contributed by atoms with Gasteiger partial charge in [0.25, 0.3) is 0 Å². The van der Waals surface area contributed by atoms with Crippen molar-refractivity contribution in [3.63, 3.8) is 0 Å². The van der Waals surface area contributed by atoms with Crippen LogP contribution in [0.4, 0.5) is 5.82 Å². The van der Waals surface area contributed by atoms with Crippen LogP contribution in [0.3, 0.4) is 0 Å². The molecule has 150 valence electrons. The highest BCUT2D eigenvalue weighted by atomic mass is 35.5. The van der Waals surface area contributed by atoms with Crippen molar-refractivity contribution in [2.75, 3.05) is 18.9 Å². The van der Waals surface area contributed by atoms with E-state index in [1.54, 1.807) is 12.1 Å². The third-order valence-corrected chi connectivity index (χ3v) is 6.96. The molecule has 1 unspecified atom stereocenters. The summed E-state index contributed by atoms with van der Waals surface area (Å²) >= 11 is 5.78. The van der Waals surface area contributed by atoms with E-state index in [1.807, 2.05) is 6.92 Å². The van der Waals surface area contributed by atoms with Gasteiger partial charge in [-0.05, 0) is 55.1 Å². The number of likely N-dealkylation sites (N-methyl/N-ethyl adjacent to an activating group) is 1. The second-order valence-electron chi connectivity index (χ2n) is 8.42. The van der Waals surface area contributed by atoms with E-state index >= 15 is 0 Å². The molecule has 4 atom stereocenters. The summed E-state index contributed by atoms with van der Waals surface area (Å²) in [6.07, 6.45) is 4.24. The van der Waals surface area contributed by atoms with Gasteiger partial charge in [0.05, 0.1) is 0 Å². The molecule has 1 aliphatic carbocycles. The van der Waals surface area contributed by atoms with Gasteiger partial charge in [-0.2, -0.15) is 0 Å². The van der Waals surface area contributed by atoms with Crippen LogP contribution in [-0.2, 0) is 11.2 Å². The highest BCUT2D eigenvalue weighted by molar-refractivity contribution is 6.29. The molecule has 2 aromatic heterocycles. The van der Waals surface area contributed by atoms with E-state index in [0.717, 1.165) is 19.4 Å². The molecule has 7 heteroatoms. The van der Waals surface area contributed by atoms with E-state index in [1.165, 1.54) is 22.0 Å². The van der Waals surface area contributed by atoms with Crippen molar-refractivity contribution < 1.29 is 4.79 Å². The third-order valence-electron chi connectivity index (χ3n) is 6.76. The minimum absolute atomic E-state index is 0.0187. The molecule has 1 aromatic carbocycles. The molecule has 2 N–H and O–H groups in total. The highest BCUT2D eigenvalue weighted by Crippen LogP contribution is 2.45. The number of nitrogens with zero attached hydrogens (tertiary/aromatic N) is 3. The number of carbonyl (C=O) groups is 1. The molecule has 5 rings (SSSR count). The van der Waals surface area contributed by atoms with Gasteiger partial charge in [0.1, 0.15) is 0 Å². The predicted octanol–water partition coefficient (Wildman–Crippen LogP) is 3.85. The van der Waals surface area contributed by atoms with Crippen LogP contribution in [0.2, 0.25) is 5.15 Å². The third kappa shape index (κ3) is 3.20. The van der Waals surface area contributed by atoms with Gasteiger partial charge in [0, 0.05) is 41.5 Å². The molecule has 1 amide bonds. The van der Waals surface area contributed by atoms with Crippen molar-refractivity contribution in [1.82, 2.24) is 20.1 Å². The number of aromatic nitrogens is 3. The fraction of sp³-hybridized carbons (Fsp3) is 0.409. The zero-order valence-electron chi connectivity index (χ0n) is 16.5. The lowest BCUT2D eigenvalue weighted by molar-refractivity contribution is -0.122. The summed E-state index contributed by atoms with van der Waals surface area (Å²) in [4.78, 5) is 18.7. The monoisotopic (exact) mass is 409 g/mol. The van der Waals surface area contributed by atoms with Crippen LogP contribution in [0.1, 0.15) is 30.4 Å². The Bertz CT molecular complexity index is 1060. The minimum Gasteiger partial charge on any atom is -0.361 e. The Balaban J connectivity index is 1.38.